The van der Waals surface area contributed by atoms with Crippen LogP contribution in [-0.2, 0) is 0 Å². The van der Waals surface area contributed by atoms with Crippen LogP contribution in [0, 0.1) is 0 Å². The first-order valence-corrected chi connectivity index (χ1v) is 3.53. The Balaban J connectivity index is 2.96. The second-order valence-corrected chi connectivity index (χ2v) is 2.32. The average Bonchev–Trinajstić information content (AvgIpc) is 2.36. The summed E-state index contributed by atoms with van der Waals surface area (Å²) in [5.41, 5.74) is 6.52. The Morgan fingerprint density at radius 1 is 1.82 bits per heavy atom. The van der Waals surface area contributed by atoms with Gasteiger partial charge in [0.05, 0.1) is 12.0 Å². The molecule has 11 heavy (non-hydrogen) atoms. The number of rotatable bonds is 2. The van der Waals surface area contributed by atoms with Crippen LogP contribution in [0.1, 0.15) is 25.6 Å². The molecule has 3 N–H and O–H groups in total. The molecule has 0 spiro atoms. The van der Waals surface area contributed by atoms with Crippen molar-refractivity contribution < 1.29 is 0 Å². The third-order valence-electron chi connectivity index (χ3n) is 1.35. The van der Waals surface area contributed by atoms with E-state index in [0.717, 1.165) is 5.69 Å². The topological polar surface area (TPSA) is 67.1 Å². The van der Waals surface area contributed by atoms with Crippen molar-refractivity contribution in [3.8, 4) is 0 Å². The summed E-state index contributed by atoms with van der Waals surface area (Å²) < 4.78 is 0. The molecule has 0 aromatic carbocycles. The van der Waals surface area contributed by atoms with Gasteiger partial charge in [-0.2, -0.15) is 0 Å². The van der Waals surface area contributed by atoms with Crippen molar-refractivity contribution in [2.75, 3.05) is 0 Å². The van der Waals surface area contributed by atoms with Gasteiger partial charge in [-0.3, -0.25) is 0 Å². The van der Waals surface area contributed by atoms with Gasteiger partial charge in [0.2, 0.25) is 0 Å². The predicted octanol–water partition coefficient (Wildman–Crippen LogP) is 1.15. The molecule has 0 radical (unpaired) electrons. The molecule has 60 valence electrons. The fraction of sp³-hybridized carbons (Fsp3) is 0.429. The number of aliphatic imine (C=N–C) groups is 1. The lowest BCUT2D eigenvalue weighted by Crippen LogP contribution is -2.05. The number of aromatic nitrogens is 2. The first-order chi connectivity index (χ1) is 5.25. The van der Waals surface area contributed by atoms with E-state index in [2.05, 4.69) is 15.0 Å². The highest BCUT2D eigenvalue weighted by Gasteiger charge is 2.06. The third-order valence-corrected chi connectivity index (χ3v) is 1.35. The number of nitrogens with zero attached hydrogens (tertiary/aromatic N) is 2. The van der Waals surface area contributed by atoms with Crippen molar-refractivity contribution >= 4 is 12.0 Å². The summed E-state index contributed by atoms with van der Waals surface area (Å²) in [5.74, 6) is 0.683. The Hall–Kier alpha value is -1.16. The van der Waals surface area contributed by atoms with Crippen LogP contribution >= 0.6 is 0 Å². The van der Waals surface area contributed by atoms with E-state index in [0.29, 0.717) is 5.82 Å². The van der Waals surface area contributed by atoms with Crippen LogP contribution in [0.2, 0.25) is 0 Å². The molecular weight excluding hydrogens is 140 g/mol. The van der Waals surface area contributed by atoms with Gasteiger partial charge in [0, 0.05) is 12.3 Å². The molecule has 1 aromatic rings. The molecule has 0 aliphatic heterocycles. The second-order valence-electron chi connectivity index (χ2n) is 2.32. The maximum Gasteiger partial charge on any atom is 0.174 e. The zero-order valence-corrected chi connectivity index (χ0v) is 6.70. The zero-order chi connectivity index (χ0) is 8.27. The molecule has 4 nitrogen and oxygen atoms in total. The van der Waals surface area contributed by atoms with E-state index in [4.69, 9.17) is 5.73 Å². The highest BCUT2D eigenvalue weighted by Crippen LogP contribution is 2.18. The van der Waals surface area contributed by atoms with Gasteiger partial charge in [-0.15, -0.1) is 0 Å². The number of imidazole rings is 1. The minimum atomic E-state index is -0.0452. The van der Waals surface area contributed by atoms with Crippen molar-refractivity contribution in [1.82, 2.24) is 9.97 Å². The van der Waals surface area contributed by atoms with Gasteiger partial charge in [0.1, 0.15) is 0 Å². The third kappa shape index (κ3) is 1.65. The van der Waals surface area contributed by atoms with Crippen LogP contribution in [0.15, 0.2) is 11.3 Å². The molecule has 0 bridgehead atoms. The van der Waals surface area contributed by atoms with Crippen LogP contribution < -0.4 is 5.73 Å². The smallest absolute Gasteiger partial charge is 0.174 e. The van der Waals surface area contributed by atoms with Crippen LogP contribution in [-0.4, -0.2) is 16.2 Å². The van der Waals surface area contributed by atoms with Gasteiger partial charge >= 0.3 is 0 Å². The number of H-pyrrole nitrogens is 1. The maximum absolute atomic E-state index is 5.64. The van der Waals surface area contributed by atoms with E-state index in [-0.39, 0.29) is 6.04 Å². The van der Waals surface area contributed by atoms with Crippen LogP contribution in [0.3, 0.4) is 0 Å². The van der Waals surface area contributed by atoms with Gasteiger partial charge in [0.15, 0.2) is 5.82 Å². The normalized spacial score (nSPS) is 14.1. The maximum atomic E-state index is 5.64. The fourth-order valence-electron chi connectivity index (χ4n) is 0.857. The number of nitrogens with two attached hydrogens (primary N) is 1. The Bertz CT molecular complexity index is 249. The fourth-order valence-corrected chi connectivity index (χ4v) is 0.857. The average molecular weight is 152 g/mol. The zero-order valence-electron chi connectivity index (χ0n) is 6.70. The van der Waals surface area contributed by atoms with Crippen LogP contribution in [0.25, 0.3) is 0 Å². The minimum absolute atomic E-state index is 0.0452. The Morgan fingerprint density at radius 2 is 2.55 bits per heavy atom. The summed E-state index contributed by atoms with van der Waals surface area (Å²) in [4.78, 5) is 11.0. The van der Waals surface area contributed by atoms with Gasteiger partial charge in [0.25, 0.3) is 0 Å². The van der Waals surface area contributed by atoms with Crippen LogP contribution in [0.5, 0.6) is 0 Å². The number of hydrogen-bond acceptors (Lipinski definition) is 3. The SMILES string of the molecule is CC=Nc1nc[nH]c1C(C)N. The quantitative estimate of drug-likeness (QED) is 0.624. The largest absolute Gasteiger partial charge is 0.345 e. The molecule has 1 unspecified atom stereocenters. The van der Waals surface area contributed by atoms with Gasteiger partial charge in [-0.1, -0.05) is 0 Å². The summed E-state index contributed by atoms with van der Waals surface area (Å²) in [6, 6.07) is -0.0452. The van der Waals surface area contributed by atoms with E-state index < -0.39 is 0 Å². The second kappa shape index (κ2) is 3.30. The Morgan fingerprint density at radius 3 is 3.09 bits per heavy atom. The Labute approximate surface area is 65.6 Å². The lowest BCUT2D eigenvalue weighted by Gasteiger charge is -2.00. The Kier molecular flexibility index (Phi) is 2.38. The van der Waals surface area contributed by atoms with Crippen LogP contribution in [0.4, 0.5) is 5.82 Å². The van der Waals surface area contributed by atoms with Crippen molar-refractivity contribution in [2.24, 2.45) is 10.7 Å². The van der Waals surface area contributed by atoms with Crippen molar-refractivity contribution in [2.45, 2.75) is 19.9 Å². The molecule has 1 rings (SSSR count). The lowest BCUT2D eigenvalue weighted by atomic mass is 10.2. The summed E-state index contributed by atoms with van der Waals surface area (Å²) in [6.45, 7) is 3.74. The van der Waals surface area contributed by atoms with E-state index in [1.807, 2.05) is 13.8 Å². The molecule has 0 fully saturated rings. The molecular formula is C7H12N4. The molecule has 1 heterocycles. The van der Waals surface area contributed by atoms with E-state index in [1.54, 1.807) is 12.5 Å². The van der Waals surface area contributed by atoms with E-state index in [9.17, 15) is 0 Å². The molecule has 1 aromatic heterocycles. The first-order valence-electron chi connectivity index (χ1n) is 3.53. The lowest BCUT2D eigenvalue weighted by molar-refractivity contribution is 0.790. The van der Waals surface area contributed by atoms with Crippen molar-refractivity contribution in [3.63, 3.8) is 0 Å². The number of aromatic amines is 1. The van der Waals surface area contributed by atoms with Crippen molar-refractivity contribution in [3.05, 3.63) is 12.0 Å². The molecule has 4 heteroatoms. The molecule has 1 atom stereocenters. The summed E-state index contributed by atoms with van der Waals surface area (Å²) in [5, 5.41) is 0. The van der Waals surface area contributed by atoms with E-state index in [1.165, 1.54) is 0 Å². The minimum Gasteiger partial charge on any atom is -0.345 e. The highest BCUT2D eigenvalue weighted by atomic mass is 15.0. The van der Waals surface area contributed by atoms with Gasteiger partial charge in [-0.25, -0.2) is 9.98 Å². The van der Waals surface area contributed by atoms with E-state index >= 15 is 0 Å². The number of hydrogen-bond donors (Lipinski definition) is 2. The summed E-state index contributed by atoms with van der Waals surface area (Å²) in [7, 11) is 0. The molecule has 0 amide bonds. The number of nitrogens with one attached hydrogen (secondary N) is 1. The molecule has 0 saturated heterocycles. The summed E-state index contributed by atoms with van der Waals surface area (Å²) >= 11 is 0. The molecule has 0 aliphatic rings. The van der Waals surface area contributed by atoms with Crippen molar-refractivity contribution in [1.29, 1.82) is 0 Å². The summed E-state index contributed by atoms with van der Waals surface area (Å²) in [6.07, 6.45) is 3.29. The highest BCUT2D eigenvalue weighted by molar-refractivity contribution is 5.59. The predicted molar refractivity (Wildman–Crippen MR) is 45.0 cm³/mol. The first kappa shape index (κ1) is 7.94. The van der Waals surface area contributed by atoms with Gasteiger partial charge in [-0.05, 0) is 13.8 Å². The molecule has 0 saturated carbocycles. The monoisotopic (exact) mass is 152 g/mol. The molecule has 0 aliphatic carbocycles. The van der Waals surface area contributed by atoms with Gasteiger partial charge < -0.3 is 10.7 Å². The standard InChI is InChI=1S/C7H12N4/c1-3-9-7-6(5(2)8)10-4-11-7/h3-5H,8H2,1-2H3,(H,10,11).